The number of rotatable bonds is 5. The molecule has 1 aromatic carbocycles. The van der Waals surface area contributed by atoms with E-state index in [1.165, 1.54) is 16.5 Å². The molecule has 0 unspecified atom stereocenters. The van der Waals surface area contributed by atoms with E-state index in [-0.39, 0.29) is 6.03 Å². The molecule has 3 rings (SSSR count). The molecular formula is C18H21N3O2. The highest BCUT2D eigenvalue weighted by atomic mass is 16.3. The second-order valence-electron chi connectivity index (χ2n) is 5.73. The van der Waals surface area contributed by atoms with Crippen molar-refractivity contribution in [2.24, 2.45) is 0 Å². The number of benzene rings is 1. The Bertz CT molecular complexity index is 790. The number of nitrogens with zero attached hydrogens (tertiary/aromatic N) is 1. The van der Waals surface area contributed by atoms with E-state index in [9.17, 15) is 4.79 Å². The van der Waals surface area contributed by atoms with Crippen molar-refractivity contribution in [3.05, 3.63) is 59.7 Å². The van der Waals surface area contributed by atoms with Crippen LogP contribution in [0.5, 0.6) is 0 Å². The normalized spacial score (nSPS) is 10.9. The lowest BCUT2D eigenvalue weighted by atomic mass is 10.1. The number of nitrogens with one attached hydrogen (secondary N) is 2. The number of fused-ring (bicyclic) bond motifs is 1. The van der Waals surface area contributed by atoms with Crippen molar-refractivity contribution < 1.29 is 9.21 Å². The van der Waals surface area contributed by atoms with Crippen molar-refractivity contribution >= 4 is 16.9 Å². The summed E-state index contributed by atoms with van der Waals surface area (Å²) in [5, 5.41) is 4.20. The SMILES string of the molecule is Cc1cccc2[nH]cc(CCNC(=O)N(C)Cc3ccco3)c12. The summed E-state index contributed by atoms with van der Waals surface area (Å²) in [6, 6.07) is 9.80. The highest BCUT2D eigenvalue weighted by Gasteiger charge is 2.11. The number of furan rings is 1. The molecule has 0 fully saturated rings. The van der Waals surface area contributed by atoms with Crippen molar-refractivity contribution in [1.29, 1.82) is 0 Å². The van der Waals surface area contributed by atoms with Crippen LogP contribution in [0.15, 0.2) is 47.2 Å². The molecule has 120 valence electrons. The number of urea groups is 1. The minimum Gasteiger partial charge on any atom is -0.467 e. The van der Waals surface area contributed by atoms with Gasteiger partial charge in [0.15, 0.2) is 0 Å². The minimum atomic E-state index is -0.0991. The lowest BCUT2D eigenvalue weighted by Gasteiger charge is -2.16. The topological polar surface area (TPSA) is 61.3 Å². The molecule has 0 aliphatic heterocycles. The van der Waals surface area contributed by atoms with Gasteiger partial charge in [-0.25, -0.2) is 4.79 Å². The van der Waals surface area contributed by atoms with E-state index in [0.717, 1.165) is 17.7 Å². The van der Waals surface area contributed by atoms with E-state index in [1.807, 2.05) is 24.4 Å². The number of aromatic amines is 1. The molecule has 0 aliphatic rings. The van der Waals surface area contributed by atoms with E-state index in [1.54, 1.807) is 18.2 Å². The third-order valence-corrected chi connectivity index (χ3v) is 3.99. The second kappa shape index (κ2) is 6.60. The summed E-state index contributed by atoms with van der Waals surface area (Å²) in [6.45, 7) is 3.17. The van der Waals surface area contributed by atoms with Crippen LogP contribution in [0.3, 0.4) is 0 Å². The van der Waals surface area contributed by atoms with Crippen LogP contribution >= 0.6 is 0 Å². The number of hydrogen-bond acceptors (Lipinski definition) is 2. The van der Waals surface area contributed by atoms with Crippen LogP contribution < -0.4 is 5.32 Å². The maximum absolute atomic E-state index is 12.1. The van der Waals surface area contributed by atoms with Gasteiger partial charge >= 0.3 is 6.03 Å². The van der Waals surface area contributed by atoms with Gasteiger partial charge in [0.2, 0.25) is 0 Å². The van der Waals surface area contributed by atoms with Gasteiger partial charge in [0.1, 0.15) is 5.76 Å². The van der Waals surface area contributed by atoms with E-state index in [0.29, 0.717) is 13.1 Å². The first-order valence-corrected chi connectivity index (χ1v) is 7.72. The van der Waals surface area contributed by atoms with Crippen molar-refractivity contribution in [1.82, 2.24) is 15.2 Å². The maximum Gasteiger partial charge on any atom is 0.317 e. The number of aryl methyl sites for hydroxylation is 1. The zero-order chi connectivity index (χ0) is 16.2. The van der Waals surface area contributed by atoms with Crippen LogP contribution in [0.1, 0.15) is 16.9 Å². The number of hydrogen-bond donors (Lipinski definition) is 2. The zero-order valence-electron chi connectivity index (χ0n) is 13.4. The second-order valence-corrected chi connectivity index (χ2v) is 5.73. The molecule has 0 bridgehead atoms. The molecule has 2 aromatic heterocycles. The van der Waals surface area contributed by atoms with Gasteiger partial charge in [0.05, 0.1) is 12.8 Å². The van der Waals surface area contributed by atoms with Gasteiger partial charge in [0, 0.05) is 30.7 Å². The maximum atomic E-state index is 12.1. The third kappa shape index (κ3) is 3.39. The van der Waals surface area contributed by atoms with Crippen molar-refractivity contribution in [3.8, 4) is 0 Å². The largest absolute Gasteiger partial charge is 0.467 e. The Morgan fingerprint density at radius 2 is 2.17 bits per heavy atom. The summed E-state index contributed by atoms with van der Waals surface area (Å²) in [4.78, 5) is 17.0. The Morgan fingerprint density at radius 3 is 2.96 bits per heavy atom. The average molecular weight is 311 g/mol. The van der Waals surface area contributed by atoms with E-state index >= 15 is 0 Å². The predicted octanol–water partition coefficient (Wildman–Crippen LogP) is 3.45. The smallest absolute Gasteiger partial charge is 0.317 e. The summed E-state index contributed by atoms with van der Waals surface area (Å²) in [7, 11) is 1.76. The monoisotopic (exact) mass is 311 g/mol. The van der Waals surface area contributed by atoms with Crippen LogP contribution in [-0.4, -0.2) is 29.5 Å². The van der Waals surface area contributed by atoms with Gasteiger partial charge in [-0.15, -0.1) is 0 Å². The molecule has 5 nitrogen and oxygen atoms in total. The molecule has 3 aromatic rings. The summed E-state index contributed by atoms with van der Waals surface area (Å²) in [6.07, 6.45) is 4.43. The van der Waals surface area contributed by atoms with E-state index in [2.05, 4.69) is 29.4 Å². The molecule has 2 amide bonds. The van der Waals surface area contributed by atoms with Crippen molar-refractivity contribution in [3.63, 3.8) is 0 Å². The van der Waals surface area contributed by atoms with Gasteiger partial charge < -0.3 is 19.6 Å². The molecule has 0 radical (unpaired) electrons. The van der Waals surface area contributed by atoms with Crippen LogP contribution in [0.25, 0.3) is 10.9 Å². The van der Waals surface area contributed by atoms with Gasteiger partial charge in [0.25, 0.3) is 0 Å². The molecule has 23 heavy (non-hydrogen) atoms. The molecule has 0 spiro atoms. The minimum absolute atomic E-state index is 0.0991. The fourth-order valence-electron chi connectivity index (χ4n) is 2.80. The van der Waals surface area contributed by atoms with E-state index in [4.69, 9.17) is 4.42 Å². The molecule has 0 saturated heterocycles. The first-order chi connectivity index (χ1) is 11.1. The Hall–Kier alpha value is -2.69. The Morgan fingerprint density at radius 1 is 1.30 bits per heavy atom. The third-order valence-electron chi connectivity index (χ3n) is 3.99. The summed E-state index contributed by atoms with van der Waals surface area (Å²) in [5.41, 5.74) is 3.62. The lowest BCUT2D eigenvalue weighted by molar-refractivity contribution is 0.203. The fraction of sp³-hybridized carbons (Fsp3) is 0.278. The number of aromatic nitrogens is 1. The molecule has 0 atom stereocenters. The first kappa shape index (κ1) is 15.2. The Labute approximate surface area is 135 Å². The summed E-state index contributed by atoms with van der Waals surface area (Å²) >= 11 is 0. The first-order valence-electron chi connectivity index (χ1n) is 7.72. The van der Waals surface area contributed by atoms with Crippen molar-refractivity contribution in [2.75, 3.05) is 13.6 Å². The van der Waals surface area contributed by atoms with E-state index < -0.39 is 0 Å². The Balaban J connectivity index is 1.55. The number of carbonyl (C=O) groups excluding carboxylic acids is 1. The number of amides is 2. The quantitative estimate of drug-likeness (QED) is 0.758. The van der Waals surface area contributed by atoms with Crippen LogP contribution in [0, 0.1) is 6.92 Å². The van der Waals surface area contributed by atoms with Crippen molar-refractivity contribution in [2.45, 2.75) is 19.9 Å². The molecular weight excluding hydrogens is 290 g/mol. The van der Waals surface area contributed by atoms with Gasteiger partial charge in [-0.2, -0.15) is 0 Å². The molecule has 0 aliphatic carbocycles. The lowest BCUT2D eigenvalue weighted by Crippen LogP contribution is -2.37. The average Bonchev–Trinajstić information content (AvgIpc) is 3.17. The molecule has 0 saturated carbocycles. The summed E-state index contributed by atoms with van der Waals surface area (Å²) < 4.78 is 5.25. The summed E-state index contributed by atoms with van der Waals surface area (Å²) in [5.74, 6) is 0.773. The number of carbonyl (C=O) groups is 1. The molecule has 2 N–H and O–H groups in total. The van der Waals surface area contributed by atoms with Gasteiger partial charge in [-0.1, -0.05) is 12.1 Å². The highest BCUT2D eigenvalue weighted by Crippen LogP contribution is 2.22. The van der Waals surface area contributed by atoms with Gasteiger partial charge in [-0.3, -0.25) is 0 Å². The van der Waals surface area contributed by atoms with Gasteiger partial charge in [-0.05, 0) is 42.7 Å². The van der Waals surface area contributed by atoms with Crippen LogP contribution in [-0.2, 0) is 13.0 Å². The highest BCUT2D eigenvalue weighted by molar-refractivity contribution is 5.86. The standard InChI is InChI=1S/C18H21N3O2/c1-13-5-3-7-16-17(13)14(11-20-16)8-9-19-18(22)21(2)12-15-6-4-10-23-15/h3-7,10-11,20H,8-9,12H2,1-2H3,(H,19,22). The molecule has 2 heterocycles. The predicted molar refractivity (Wildman–Crippen MR) is 90.3 cm³/mol. The Kier molecular flexibility index (Phi) is 4.37. The zero-order valence-corrected chi connectivity index (χ0v) is 13.4. The number of H-pyrrole nitrogens is 1. The fourth-order valence-corrected chi connectivity index (χ4v) is 2.80. The van der Waals surface area contributed by atoms with Crippen LogP contribution in [0.2, 0.25) is 0 Å². The van der Waals surface area contributed by atoms with Crippen LogP contribution in [0.4, 0.5) is 4.79 Å². The molecule has 5 heteroatoms.